The minimum Gasteiger partial charge on any atom is -0.469 e. The number of carbonyl (C=O) groups is 2. The lowest BCUT2D eigenvalue weighted by Gasteiger charge is -2.15. The smallest absolute Gasteiger partial charge is 0.310 e. The van der Waals surface area contributed by atoms with E-state index >= 15 is 0 Å². The molecule has 92 valence electrons. The van der Waals surface area contributed by atoms with Crippen LogP contribution >= 0.6 is 0 Å². The van der Waals surface area contributed by atoms with Gasteiger partial charge in [-0.1, -0.05) is 6.92 Å². The Bertz CT molecular complexity index is 267. The second kappa shape index (κ2) is 5.84. The number of ether oxygens (including phenoxy) is 1. The topological polar surface area (TPSA) is 66.8 Å². The normalized spacial score (nSPS) is 24.6. The first-order chi connectivity index (χ1) is 7.60. The fourth-order valence-electron chi connectivity index (χ4n) is 2.02. The fourth-order valence-corrected chi connectivity index (χ4v) is 2.02. The first-order valence-electron chi connectivity index (χ1n) is 5.56. The number of amides is 1. The molecular weight excluding hydrogens is 210 g/mol. The van der Waals surface area contributed by atoms with Crippen molar-refractivity contribution in [2.75, 3.05) is 26.8 Å². The van der Waals surface area contributed by atoms with Crippen LogP contribution in [0.5, 0.6) is 0 Å². The third-order valence-corrected chi connectivity index (χ3v) is 3.02. The average molecular weight is 229 g/mol. The predicted octanol–water partition coefficient (Wildman–Crippen LogP) is 0.0264. The molecule has 1 amide bonds. The molecular formula is C11H19NO4. The third-order valence-electron chi connectivity index (χ3n) is 3.02. The molecule has 1 saturated heterocycles. The summed E-state index contributed by atoms with van der Waals surface area (Å²) in [6.45, 7) is 3.01. The fraction of sp³-hybridized carbons (Fsp3) is 0.818. The van der Waals surface area contributed by atoms with Gasteiger partial charge < -0.3 is 14.7 Å². The molecule has 1 rings (SSSR count). The van der Waals surface area contributed by atoms with E-state index in [0.717, 1.165) is 0 Å². The van der Waals surface area contributed by atoms with Gasteiger partial charge in [0.05, 0.1) is 13.0 Å². The van der Waals surface area contributed by atoms with Crippen LogP contribution in [-0.4, -0.2) is 48.7 Å². The first-order valence-corrected chi connectivity index (χ1v) is 5.56. The third kappa shape index (κ3) is 2.95. The van der Waals surface area contributed by atoms with Crippen molar-refractivity contribution in [2.45, 2.75) is 19.8 Å². The SMILES string of the molecule is COC(=O)C1CN(C(=O)CCCO)CC1C. The van der Waals surface area contributed by atoms with Gasteiger partial charge in [-0.25, -0.2) is 0 Å². The molecule has 0 spiro atoms. The summed E-state index contributed by atoms with van der Waals surface area (Å²) in [5.41, 5.74) is 0. The summed E-state index contributed by atoms with van der Waals surface area (Å²) < 4.78 is 4.70. The van der Waals surface area contributed by atoms with Gasteiger partial charge in [0.1, 0.15) is 0 Å². The maximum absolute atomic E-state index is 11.7. The van der Waals surface area contributed by atoms with Crippen molar-refractivity contribution in [3.8, 4) is 0 Å². The van der Waals surface area contributed by atoms with Crippen LogP contribution in [0.3, 0.4) is 0 Å². The Labute approximate surface area is 95.4 Å². The number of hydrogen-bond acceptors (Lipinski definition) is 4. The van der Waals surface area contributed by atoms with Gasteiger partial charge in [-0.15, -0.1) is 0 Å². The molecule has 0 bridgehead atoms. The van der Waals surface area contributed by atoms with Crippen LogP contribution in [0.1, 0.15) is 19.8 Å². The highest BCUT2D eigenvalue weighted by atomic mass is 16.5. The van der Waals surface area contributed by atoms with Gasteiger partial charge in [-0.2, -0.15) is 0 Å². The average Bonchev–Trinajstić information content (AvgIpc) is 2.67. The molecule has 5 heteroatoms. The molecule has 1 N–H and O–H groups in total. The highest BCUT2D eigenvalue weighted by Gasteiger charge is 2.37. The zero-order chi connectivity index (χ0) is 12.1. The Morgan fingerprint density at radius 3 is 2.69 bits per heavy atom. The van der Waals surface area contributed by atoms with E-state index in [-0.39, 0.29) is 30.3 Å². The molecule has 1 fully saturated rings. The van der Waals surface area contributed by atoms with Crippen LogP contribution in [0.15, 0.2) is 0 Å². The van der Waals surface area contributed by atoms with Crippen molar-refractivity contribution in [1.29, 1.82) is 0 Å². The molecule has 5 nitrogen and oxygen atoms in total. The quantitative estimate of drug-likeness (QED) is 0.690. The highest BCUT2D eigenvalue weighted by Crippen LogP contribution is 2.24. The van der Waals surface area contributed by atoms with E-state index < -0.39 is 0 Å². The van der Waals surface area contributed by atoms with Gasteiger partial charge in [0.25, 0.3) is 0 Å². The van der Waals surface area contributed by atoms with Gasteiger partial charge in [0, 0.05) is 26.1 Å². The number of rotatable bonds is 4. The summed E-state index contributed by atoms with van der Waals surface area (Å²) >= 11 is 0. The lowest BCUT2D eigenvalue weighted by molar-refractivity contribution is -0.146. The Morgan fingerprint density at radius 1 is 1.44 bits per heavy atom. The molecule has 0 aromatic carbocycles. The number of nitrogens with zero attached hydrogens (tertiary/aromatic N) is 1. The monoisotopic (exact) mass is 229 g/mol. The van der Waals surface area contributed by atoms with Gasteiger partial charge in [-0.05, 0) is 12.3 Å². The number of hydrogen-bond donors (Lipinski definition) is 1. The summed E-state index contributed by atoms with van der Waals surface area (Å²) in [4.78, 5) is 24.8. The summed E-state index contributed by atoms with van der Waals surface area (Å²) in [5, 5.41) is 8.64. The molecule has 0 aromatic heterocycles. The Balaban J connectivity index is 2.49. The molecule has 16 heavy (non-hydrogen) atoms. The minimum atomic E-state index is -0.245. The Hall–Kier alpha value is -1.10. The van der Waals surface area contributed by atoms with Crippen LogP contribution in [0.4, 0.5) is 0 Å². The van der Waals surface area contributed by atoms with Crippen molar-refractivity contribution in [3.05, 3.63) is 0 Å². The van der Waals surface area contributed by atoms with Crippen LogP contribution < -0.4 is 0 Å². The Kier molecular flexibility index (Phi) is 4.73. The summed E-state index contributed by atoms with van der Waals surface area (Å²) in [5.74, 6) is -0.300. The second-order valence-corrected chi connectivity index (χ2v) is 4.23. The largest absolute Gasteiger partial charge is 0.469 e. The van der Waals surface area contributed by atoms with Crippen molar-refractivity contribution in [3.63, 3.8) is 0 Å². The molecule has 0 radical (unpaired) electrons. The number of likely N-dealkylation sites (tertiary alicyclic amines) is 1. The lowest BCUT2D eigenvalue weighted by Crippen LogP contribution is -2.30. The standard InChI is InChI=1S/C11H19NO4/c1-8-6-12(10(14)4-3-5-13)7-9(8)11(15)16-2/h8-9,13H,3-7H2,1-2H3. The van der Waals surface area contributed by atoms with Crippen LogP contribution in [-0.2, 0) is 14.3 Å². The van der Waals surface area contributed by atoms with Gasteiger partial charge in [0.2, 0.25) is 5.91 Å². The van der Waals surface area contributed by atoms with E-state index in [1.165, 1.54) is 7.11 Å². The van der Waals surface area contributed by atoms with Gasteiger partial charge in [-0.3, -0.25) is 9.59 Å². The predicted molar refractivity (Wildman–Crippen MR) is 57.6 cm³/mol. The molecule has 0 aliphatic carbocycles. The second-order valence-electron chi connectivity index (χ2n) is 4.23. The van der Waals surface area contributed by atoms with Crippen molar-refractivity contribution in [1.82, 2.24) is 4.90 Å². The molecule has 1 aliphatic rings. The number of aliphatic hydroxyl groups excluding tert-OH is 1. The zero-order valence-corrected chi connectivity index (χ0v) is 9.81. The maximum Gasteiger partial charge on any atom is 0.310 e. The number of carbonyl (C=O) groups excluding carboxylic acids is 2. The highest BCUT2D eigenvalue weighted by molar-refractivity contribution is 5.79. The Morgan fingerprint density at radius 2 is 2.12 bits per heavy atom. The van der Waals surface area contributed by atoms with E-state index in [1.807, 2.05) is 6.92 Å². The molecule has 2 atom stereocenters. The zero-order valence-electron chi connectivity index (χ0n) is 9.81. The summed E-state index contributed by atoms with van der Waals surface area (Å²) in [7, 11) is 1.37. The van der Waals surface area contributed by atoms with Crippen LogP contribution in [0, 0.1) is 11.8 Å². The van der Waals surface area contributed by atoms with Crippen LogP contribution in [0.2, 0.25) is 0 Å². The van der Waals surface area contributed by atoms with Crippen molar-refractivity contribution in [2.24, 2.45) is 11.8 Å². The molecule has 0 saturated carbocycles. The van der Waals surface area contributed by atoms with Gasteiger partial charge in [0.15, 0.2) is 0 Å². The maximum atomic E-state index is 11.7. The van der Waals surface area contributed by atoms with Crippen molar-refractivity contribution < 1.29 is 19.4 Å². The molecule has 2 unspecified atom stereocenters. The minimum absolute atomic E-state index is 0.00676. The van der Waals surface area contributed by atoms with E-state index in [9.17, 15) is 9.59 Å². The molecule has 0 aromatic rings. The van der Waals surface area contributed by atoms with E-state index in [2.05, 4.69) is 0 Å². The van der Waals surface area contributed by atoms with E-state index in [0.29, 0.717) is 25.9 Å². The number of esters is 1. The molecule has 1 aliphatic heterocycles. The van der Waals surface area contributed by atoms with E-state index in [4.69, 9.17) is 9.84 Å². The lowest BCUT2D eigenvalue weighted by atomic mass is 9.99. The number of aliphatic hydroxyl groups is 1. The number of methoxy groups -OCH3 is 1. The molecule has 1 heterocycles. The first kappa shape index (κ1) is 13.0. The summed E-state index contributed by atoms with van der Waals surface area (Å²) in [6, 6.07) is 0. The van der Waals surface area contributed by atoms with Gasteiger partial charge >= 0.3 is 5.97 Å². The summed E-state index contributed by atoms with van der Waals surface area (Å²) in [6.07, 6.45) is 0.823. The van der Waals surface area contributed by atoms with Crippen LogP contribution in [0.25, 0.3) is 0 Å². The van der Waals surface area contributed by atoms with Crippen molar-refractivity contribution >= 4 is 11.9 Å². The van der Waals surface area contributed by atoms with E-state index in [1.54, 1.807) is 4.90 Å².